The molecule has 0 radical (unpaired) electrons. The lowest BCUT2D eigenvalue weighted by atomic mass is 9.85. The second-order valence-corrected chi connectivity index (χ2v) is 6.98. The summed E-state index contributed by atoms with van der Waals surface area (Å²) in [7, 11) is 2.19. The van der Waals surface area contributed by atoms with Crippen LogP contribution < -0.4 is 5.32 Å². The minimum Gasteiger partial charge on any atom is -0.390 e. The minimum atomic E-state index is -0.324. The van der Waals surface area contributed by atoms with E-state index in [4.69, 9.17) is 0 Å². The Hall–Kier alpha value is -0.650. The third kappa shape index (κ3) is 3.25. The number of carbonyl (C=O) groups is 1. The minimum absolute atomic E-state index is 0.0970. The molecule has 0 aromatic carbocycles. The molecule has 0 unspecified atom stereocenters. The van der Waals surface area contributed by atoms with Gasteiger partial charge in [-0.15, -0.1) is 0 Å². The van der Waals surface area contributed by atoms with Gasteiger partial charge in [-0.1, -0.05) is 19.3 Å². The van der Waals surface area contributed by atoms with Gasteiger partial charge in [-0.3, -0.25) is 14.6 Å². The molecule has 0 aromatic rings. The molecule has 3 aliphatic rings. The van der Waals surface area contributed by atoms with Crippen LogP contribution in [0.5, 0.6) is 0 Å². The van der Waals surface area contributed by atoms with Crippen molar-refractivity contribution in [3.8, 4) is 0 Å². The first-order chi connectivity index (χ1) is 10.2. The summed E-state index contributed by atoms with van der Waals surface area (Å²) in [4.78, 5) is 16.2. The third-order valence-corrected chi connectivity index (χ3v) is 5.75. The summed E-state index contributed by atoms with van der Waals surface area (Å²) in [6, 6.07) is 1.06. The summed E-state index contributed by atoms with van der Waals surface area (Å²) >= 11 is 0. The van der Waals surface area contributed by atoms with Gasteiger partial charge in [-0.2, -0.15) is 0 Å². The van der Waals surface area contributed by atoms with Crippen molar-refractivity contribution >= 4 is 5.91 Å². The van der Waals surface area contributed by atoms with Crippen molar-refractivity contribution < 1.29 is 9.90 Å². The van der Waals surface area contributed by atoms with E-state index in [1.807, 2.05) is 0 Å². The molecule has 1 amide bonds. The smallest absolute Gasteiger partial charge is 0.234 e. The van der Waals surface area contributed by atoms with Crippen LogP contribution in [-0.4, -0.2) is 71.7 Å². The number of nitrogens with one attached hydrogen (secondary N) is 1. The van der Waals surface area contributed by atoms with Crippen LogP contribution in [0.3, 0.4) is 0 Å². The SMILES string of the molecule is CN(C1CCCC1)[C@@H]1CCC[C@@H](N2CCNC(=O)C2)[C@@H]1O. The van der Waals surface area contributed by atoms with Crippen molar-refractivity contribution in [2.24, 2.45) is 0 Å². The maximum Gasteiger partial charge on any atom is 0.234 e. The van der Waals surface area contributed by atoms with Crippen molar-refractivity contribution in [2.75, 3.05) is 26.7 Å². The Bertz CT molecular complexity index is 371. The molecule has 0 spiro atoms. The van der Waals surface area contributed by atoms with Gasteiger partial charge >= 0.3 is 0 Å². The molecule has 1 aliphatic heterocycles. The van der Waals surface area contributed by atoms with Crippen LogP contribution in [0.15, 0.2) is 0 Å². The van der Waals surface area contributed by atoms with Crippen LogP contribution >= 0.6 is 0 Å². The normalized spacial score (nSPS) is 36.1. The summed E-state index contributed by atoms with van der Waals surface area (Å²) in [5.74, 6) is 0.0970. The summed E-state index contributed by atoms with van der Waals surface area (Å²) < 4.78 is 0. The highest BCUT2D eigenvalue weighted by Crippen LogP contribution is 2.31. The van der Waals surface area contributed by atoms with Gasteiger partial charge in [-0.05, 0) is 32.7 Å². The molecule has 1 heterocycles. The zero-order valence-corrected chi connectivity index (χ0v) is 13.1. The number of hydrogen-bond acceptors (Lipinski definition) is 4. The average molecular weight is 295 g/mol. The molecule has 5 heteroatoms. The van der Waals surface area contributed by atoms with Gasteiger partial charge in [0.25, 0.3) is 0 Å². The Kier molecular flexibility index (Phi) is 4.82. The molecular formula is C16H29N3O2. The van der Waals surface area contributed by atoms with Crippen molar-refractivity contribution in [2.45, 2.75) is 69.2 Å². The van der Waals surface area contributed by atoms with Crippen LogP contribution in [0.1, 0.15) is 44.9 Å². The van der Waals surface area contributed by atoms with Crippen molar-refractivity contribution in [1.82, 2.24) is 15.1 Å². The molecule has 0 bridgehead atoms. The Morgan fingerprint density at radius 3 is 2.67 bits per heavy atom. The molecule has 21 heavy (non-hydrogen) atoms. The molecule has 1 saturated heterocycles. The fourth-order valence-corrected chi connectivity index (χ4v) is 4.50. The van der Waals surface area contributed by atoms with Gasteiger partial charge < -0.3 is 10.4 Å². The Balaban J connectivity index is 1.64. The van der Waals surface area contributed by atoms with Gasteiger partial charge in [0, 0.05) is 31.2 Å². The molecule has 2 N–H and O–H groups in total. The second-order valence-electron chi connectivity index (χ2n) is 6.98. The van der Waals surface area contributed by atoms with E-state index in [2.05, 4.69) is 22.2 Å². The van der Waals surface area contributed by atoms with Crippen molar-refractivity contribution in [1.29, 1.82) is 0 Å². The molecule has 0 aromatic heterocycles. The van der Waals surface area contributed by atoms with Crippen LogP contribution in [0.4, 0.5) is 0 Å². The fraction of sp³-hybridized carbons (Fsp3) is 0.938. The predicted molar refractivity (Wildman–Crippen MR) is 82.0 cm³/mol. The number of likely N-dealkylation sites (N-methyl/N-ethyl adjacent to an activating group) is 1. The number of rotatable bonds is 3. The summed E-state index contributed by atoms with van der Waals surface area (Å²) in [6.07, 6.45) is 8.14. The lowest BCUT2D eigenvalue weighted by molar-refractivity contribution is -0.127. The second kappa shape index (κ2) is 6.63. The summed E-state index contributed by atoms with van der Waals surface area (Å²) in [6.45, 7) is 2.03. The van der Waals surface area contributed by atoms with Gasteiger partial charge in [-0.25, -0.2) is 0 Å². The maximum atomic E-state index is 11.6. The number of amides is 1. The van der Waals surface area contributed by atoms with Crippen LogP contribution in [0.2, 0.25) is 0 Å². The molecular weight excluding hydrogens is 266 g/mol. The van der Waals surface area contributed by atoms with Crippen molar-refractivity contribution in [3.63, 3.8) is 0 Å². The Morgan fingerprint density at radius 1 is 1.19 bits per heavy atom. The summed E-state index contributed by atoms with van der Waals surface area (Å²) in [5, 5.41) is 13.8. The fourth-order valence-electron chi connectivity index (χ4n) is 4.50. The van der Waals surface area contributed by atoms with E-state index in [0.717, 1.165) is 25.8 Å². The number of piperazine rings is 1. The first-order valence-electron chi connectivity index (χ1n) is 8.57. The Morgan fingerprint density at radius 2 is 1.95 bits per heavy atom. The molecule has 3 atom stereocenters. The first kappa shape index (κ1) is 15.3. The van der Waals surface area contributed by atoms with Crippen molar-refractivity contribution in [3.05, 3.63) is 0 Å². The van der Waals surface area contributed by atoms with E-state index >= 15 is 0 Å². The van der Waals surface area contributed by atoms with E-state index in [9.17, 15) is 9.90 Å². The van der Waals surface area contributed by atoms with E-state index in [1.165, 1.54) is 25.7 Å². The number of nitrogens with zero attached hydrogens (tertiary/aromatic N) is 2. The van der Waals surface area contributed by atoms with Gasteiger partial charge in [0.15, 0.2) is 0 Å². The topological polar surface area (TPSA) is 55.8 Å². The van der Waals surface area contributed by atoms with Gasteiger partial charge in [0.2, 0.25) is 5.91 Å². The molecule has 120 valence electrons. The lowest BCUT2D eigenvalue weighted by Crippen LogP contribution is -2.61. The Labute approximate surface area is 127 Å². The lowest BCUT2D eigenvalue weighted by Gasteiger charge is -2.46. The highest BCUT2D eigenvalue weighted by Gasteiger charge is 2.40. The van der Waals surface area contributed by atoms with Gasteiger partial charge in [0.1, 0.15) is 0 Å². The highest BCUT2D eigenvalue weighted by molar-refractivity contribution is 5.78. The quantitative estimate of drug-likeness (QED) is 0.799. The molecule has 3 rings (SSSR count). The monoisotopic (exact) mass is 295 g/mol. The zero-order chi connectivity index (χ0) is 14.8. The third-order valence-electron chi connectivity index (χ3n) is 5.75. The number of aliphatic hydroxyl groups is 1. The molecule has 2 saturated carbocycles. The number of aliphatic hydroxyl groups excluding tert-OH is 1. The standard InChI is InChI=1S/C16H29N3O2/c1-18(12-5-2-3-6-12)13-7-4-8-14(16(13)21)19-10-9-17-15(20)11-19/h12-14,16,21H,2-11H2,1H3,(H,17,20)/t13-,14-,16-/m1/s1. The van der Waals surface area contributed by atoms with E-state index in [0.29, 0.717) is 19.1 Å². The molecule has 5 nitrogen and oxygen atoms in total. The summed E-state index contributed by atoms with van der Waals surface area (Å²) in [5.41, 5.74) is 0. The largest absolute Gasteiger partial charge is 0.390 e. The maximum absolute atomic E-state index is 11.6. The van der Waals surface area contributed by atoms with E-state index in [-0.39, 0.29) is 24.1 Å². The van der Waals surface area contributed by atoms with Crippen LogP contribution in [-0.2, 0) is 4.79 Å². The van der Waals surface area contributed by atoms with Gasteiger partial charge in [0.05, 0.1) is 12.6 Å². The zero-order valence-electron chi connectivity index (χ0n) is 13.1. The van der Waals surface area contributed by atoms with Crippen LogP contribution in [0, 0.1) is 0 Å². The van der Waals surface area contributed by atoms with Crippen LogP contribution in [0.25, 0.3) is 0 Å². The van der Waals surface area contributed by atoms with E-state index in [1.54, 1.807) is 0 Å². The number of hydrogen-bond donors (Lipinski definition) is 2. The molecule has 2 aliphatic carbocycles. The predicted octanol–water partition coefficient (Wildman–Crippen LogP) is 0.575. The highest BCUT2D eigenvalue weighted by atomic mass is 16.3. The average Bonchev–Trinajstić information content (AvgIpc) is 3.01. The molecule has 3 fully saturated rings. The number of carbonyl (C=O) groups excluding carboxylic acids is 1. The van der Waals surface area contributed by atoms with E-state index < -0.39 is 0 Å². The first-order valence-corrected chi connectivity index (χ1v) is 8.57.